The van der Waals surface area contributed by atoms with Crippen LogP contribution in [0.5, 0.6) is 5.88 Å². The zero-order valence-corrected chi connectivity index (χ0v) is 14.8. The Hall–Kier alpha value is -3.16. The largest absolute Gasteiger partial charge is 0.474 e. The van der Waals surface area contributed by atoms with Gasteiger partial charge in [-0.2, -0.15) is 5.10 Å². The number of halogens is 1. The predicted octanol–water partition coefficient (Wildman–Crippen LogP) is 2.04. The topological polar surface area (TPSA) is 113 Å². The quantitative estimate of drug-likeness (QED) is 0.268. The second-order valence-corrected chi connectivity index (χ2v) is 6.27. The van der Waals surface area contributed by atoms with Crippen LogP contribution in [-0.4, -0.2) is 30.5 Å². The van der Waals surface area contributed by atoms with Gasteiger partial charge in [-0.05, 0) is 25.5 Å². The van der Waals surface area contributed by atoms with Crippen molar-refractivity contribution in [2.24, 2.45) is 22.1 Å². The lowest BCUT2D eigenvalue weighted by Gasteiger charge is -2.21. The van der Waals surface area contributed by atoms with Gasteiger partial charge >= 0.3 is 5.97 Å². The van der Waals surface area contributed by atoms with E-state index in [9.17, 15) is 9.18 Å². The van der Waals surface area contributed by atoms with Gasteiger partial charge in [-0.15, -0.1) is 0 Å². The molecule has 7 nitrogen and oxygen atoms in total. The van der Waals surface area contributed by atoms with Crippen molar-refractivity contribution in [1.29, 1.82) is 0 Å². The number of rotatable bonds is 6. The molecule has 1 heterocycles. The van der Waals surface area contributed by atoms with Crippen LogP contribution in [0.2, 0.25) is 0 Å². The van der Waals surface area contributed by atoms with Crippen LogP contribution in [0.1, 0.15) is 19.4 Å². The van der Waals surface area contributed by atoms with E-state index in [2.05, 4.69) is 14.8 Å². The van der Waals surface area contributed by atoms with E-state index in [0.717, 1.165) is 5.56 Å². The second-order valence-electron chi connectivity index (χ2n) is 6.27. The molecule has 0 spiro atoms. The second kappa shape index (κ2) is 7.81. The first-order chi connectivity index (χ1) is 12.3. The van der Waals surface area contributed by atoms with Crippen LogP contribution >= 0.6 is 0 Å². The average molecular weight is 360 g/mol. The Kier molecular flexibility index (Phi) is 5.76. The summed E-state index contributed by atoms with van der Waals surface area (Å²) < 4.78 is 24.3. The molecule has 0 amide bonds. The molecule has 0 bridgehead atoms. The molecule has 4 N–H and O–H groups in total. The molecule has 0 aliphatic rings. The van der Waals surface area contributed by atoms with E-state index < -0.39 is 17.2 Å². The minimum absolute atomic E-state index is 0.0602. The number of carbonyl (C=O) groups is 1. The molecule has 0 radical (unpaired) electrons. The van der Waals surface area contributed by atoms with Crippen LogP contribution in [0, 0.1) is 11.2 Å². The summed E-state index contributed by atoms with van der Waals surface area (Å²) in [5.41, 5.74) is 6.69. The Bertz CT molecular complexity index is 820. The summed E-state index contributed by atoms with van der Waals surface area (Å²) in [6.07, 6.45) is 1.49. The van der Waals surface area contributed by atoms with Crippen LogP contribution in [0.4, 0.5) is 4.39 Å². The number of pyridine rings is 1. The van der Waals surface area contributed by atoms with Crippen molar-refractivity contribution in [2.75, 3.05) is 13.7 Å². The van der Waals surface area contributed by atoms with Crippen molar-refractivity contribution in [3.05, 3.63) is 47.9 Å². The molecule has 26 heavy (non-hydrogen) atoms. The molecule has 1 aromatic carbocycles. The summed E-state index contributed by atoms with van der Waals surface area (Å²) in [7, 11) is 1.29. The summed E-state index contributed by atoms with van der Waals surface area (Å²) in [5.74, 6) is 4.09. The molecule has 138 valence electrons. The molecule has 0 aliphatic heterocycles. The summed E-state index contributed by atoms with van der Waals surface area (Å²) >= 11 is 0. The average Bonchev–Trinajstić information content (AvgIpc) is 2.65. The lowest BCUT2D eigenvalue weighted by Crippen LogP contribution is -2.32. The van der Waals surface area contributed by atoms with E-state index in [-0.39, 0.29) is 18.3 Å². The highest BCUT2D eigenvalue weighted by Gasteiger charge is 2.30. The Morgan fingerprint density at radius 1 is 1.27 bits per heavy atom. The van der Waals surface area contributed by atoms with Crippen molar-refractivity contribution in [1.82, 2.24) is 4.98 Å². The third-order valence-corrected chi connectivity index (χ3v) is 3.77. The Morgan fingerprint density at radius 2 is 1.92 bits per heavy atom. The van der Waals surface area contributed by atoms with Gasteiger partial charge in [0.15, 0.2) is 5.82 Å². The maximum Gasteiger partial charge on any atom is 0.314 e. The minimum atomic E-state index is -0.915. The maximum absolute atomic E-state index is 14.3. The smallest absolute Gasteiger partial charge is 0.314 e. The maximum atomic E-state index is 14.3. The van der Waals surface area contributed by atoms with Crippen LogP contribution in [0.3, 0.4) is 0 Å². The number of hydrogen-bond donors (Lipinski definition) is 2. The molecule has 1 aromatic heterocycles. The van der Waals surface area contributed by atoms with Crippen LogP contribution in [0.25, 0.3) is 11.1 Å². The number of amidine groups is 1. The third-order valence-electron chi connectivity index (χ3n) is 3.77. The number of aromatic nitrogens is 1. The number of esters is 1. The third kappa shape index (κ3) is 4.27. The van der Waals surface area contributed by atoms with Crippen LogP contribution in [0.15, 0.2) is 41.6 Å². The monoisotopic (exact) mass is 360 g/mol. The first-order valence-electron chi connectivity index (χ1n) is 7.79. The predicted molar refractivity (Wildman–Crippen MR) is 95.8 cm³/mol. The van der Waals surface area contributed by atoms with Gasteiger partial charge in [-0.3, -0.25) is 4.79 Å². The fourth-order valence-electron chi connectivity index (χ4n) is 2.18. The van der Waals surface area contributed by atoms with Gasteiger partial charge in [0.2, 0.25) is 5.88 Å². The SMILES string of the molecule is COC(=O)C(C)(C)COc1ncc(-c2ccc(C(N)=NN)cc2)cc1F. The number of methoxy groups -OCH3 is 1. The zero-order chi connectivity index (χ0) is 19.3. The number of hydrazone groups is 1. The lowest BCUT2D eigenvalue weighted by atomic mass is 9.95. The number of ether oxygens (including phenoxy) is 2. The molecule has 8 heteroatoms. The van der Waals surface area contributed by atoms with Gasteiger partial charge in [0.25, 0.3) is 0 Å². The van der Waals surface area contributed by atoms with Crippen molar-refractivity contribution in [2.45, 2.75) is 13.8 Å². The van der Waals surface area contributed by atoms with Gasteiger partial charge in [-0.25, -0.2) is 9.37 Å². The van der Waals surface area contributed by atoms with Crippen molar-refractivity contribution < 1.29 is 18.7 Å². The van der Waals surface area contributed by atoms with Gasteiger partial charge in [0, 0.05) is 17.3 Å². The number of carbonyl (C=O) groups excluding carboxylic acids is 1. The number of benzene rings is 1. The van der Waals surface area contributed by atoms with Gasteiger partial charge < -0.3 is 21.1 Å². The van der Waals surface area contributed by atoms with Crippen LogP contribution < -0.4 is 16.3 Å². The van der Waals surface area contributed by atoms with E-state index in [1.54, 1.807) is 38.1 Å². The lowest BCUT2D eigenvalue weighted by molar-refractivity contribution is -0.152. The number of nitrogens with two attached hydrogens (primary N) is 2. The Labute approximate surface area is 150 Å². The number of nitrogens with zero attached hydrogens (tertiary/aromatic N) is 2. The minimum Gasteiger partial charge on any atom is -0.474 e. The normalized spacial score (nSPS) is 11.9. The molecular weight excluding hydrogens is 339 g/mol. The molecule has 0 saturated heterocycles. The highest BCUT2D eigenvalue weighted by molar-refractivity contribution is 5.97. The Balaban J connectivity index is 2.15. The van der Waals surface area contributed by atoms with Gasteiger partial charge in [0.1, 0.15) is 12.4 Å². The fourth-order valence-corrected chi connectivity index (χ4v) is 2.18. The van der Waals surface area contributed by atoms with Crippen molar-refractivity contribution in [3.63, 3.8) is 0 Å². The first kappa shape index (κ1) is 19.2. The highest BCUT2D eigenvalue weighted by atomic mass is 19.1. The van der Waals surface area contributed by atoms with Crippen LogP contribution in [-0.2, 0) is 9.53 Å². The molecule has 2 aromatic rings. The van der Waals surface area contributed by atoms with E-state index in [1.165, 1.54) is 19.4 Å². The van der Waals surface area contributed by atoms with E-state index >= 15 is 0 Å². The van der Waals surface area contributed by atoms with E-state index in [0.29, 0.717) is 11.1 Å². The summed E-state index contributed by atoms with van der Waals surface area (Å²) in [4.78, 5) is 15.6. The standard InChI is InChI=1S/C18H21FN4O3/c1-18(2,17(24)25-3)10-26-16-14(19)8-13(9-22-16)11-4-6-12(7-5-11)15(20)23-21/h4-9H,10,21H2,1-3H3,(H2,20,23). The van der Waals surface area contributed by atoms with Gasteiger partial charge in [0.05, 0.1) is 12.5 Å². The van der Waals surface area contributed by atoms with E-state index in [1.807, 2.05) is 0 Å². The Morgan fingerprint density at radius 3 is 2.46 bits per heavy atom. The highest BCUT2D eigenvalue weighted by Crippen LogP contribution is 2.25. The molecule has 2 rings (SSSR count). The molecule has 0 aliphatic carbocycles. The summed E-state index contributed by atoms with van der Waals surface area (Å²) in [6, 6.07) is 8.27. The molecular formula is C18H21FN4O3. The van der Waals surface area contributed by atoms with E-state index in [4.69, 9.17) is 16.3 Å². The molecule has 0 saturated carbocycles. The number of hydrogen-bond acceptors (Lipinski definition) is 6. The summed E-state index contributed by atoms with van der Waals surface area (Å²) in [6.45, 7) is 3.22. The van der Waals surface area contributed by atoms with Crippen molar-refractivity contribution >= 4 is 11.8 Å². The van der Waals surface area contributed by atoms with Gasteiger partial charge in [-0.1, -0.05) is 24.3 Å². The molecule has 0 fully saturated rings. The summed E-state index contributed by atoms with van der Waals surface area (Å²) in [5, 5.41) is 3.42. The fraction of sp³-hybridized carbons (Fsp3) is 0.278. The zero-order valence-electron chi connectivity index (χ0n) is 14.8. The van der Waals surface area contributed by atoms with Crippen molar-refractivity contribution in [3.8, 4) is 17.0 Å². The molecule has 0 unspecified atom stereocenters. The molecule has 0 atom stereocenters. The first-order valence-corrected chi connectivity index (χ1v) is 7.79.